The first kappa shape index (κ1) is 15.4. The summed E-state index contributed by atoms with van der Waals surface area (Å²) in [6, 6.07) is -0.349. The largest absolute Gasteiger partial charge is 0.339 e. The van der Waals surface area contributed by atoms with E-state index in [1.54, 1.807) is 0 Å². The van der Waals surface area contributed by atoms with Crippen LogP contribution in [0.3, 0.4) is 0 Å². The summed E-state index contributed by atoms with van der Waals surface area (Å²) in [7, 11) is 4.17. The van der Waals surface area contributed by atoms with Crippen LogP contribution in [-0.2, 0) is 4.79 Å². The summed E-state index contributed by atoms with van der Waals surface area (Å²) in [5, 5.41) is 0. The number of likely N-dealkylation sites (N-methyl/N-ethyl adjacent to an activating group) is 1. The van der Waals surface area contributed by atoms with Crippen molar-refractivity contribution in [2.75, 3.05) is 53.4 Å². The van der Waals surface area contributed by atoms with Crippen molar-refractivity contribution >= 4 is 5.91 Å². The summed E-state index contributed by atoms with van der Waals surface area (Å²) >= 11 is 0. The molecule has 1 rings (SSSR count). The number of nitrogens with two attached hydrogens (primary N) is 1. The van der Waals surface area contributed by atoms with Gasteiger partial charge in [-0.25, -0.2) is 0 Å². The molecule has 1 fully saturated rings. The van der Waals surface area contributed by atoms with Crippen molar-refractivity contribution in [1.82, 2.24) is 14.7 Å². The number of rotatable bonds is 5. The summed E-state index contributed by atoms with van der Waals surface area (Å²) < 4.78 is 0. The molecule has 1 amide bonds. The Balaban J connectivity index is 2.32. The maximum Gasteiger partial charge on any atom is 0.239 e. The summed E-state index contributed by atoms with van der Waals surface area (Å²) in [4.78, 5) is 18.6. The second-order valence-electron chi connectivity index (χ2n) is 5.74. The molecule has 0 radical (unpaired) electrons. The van der Waals surface area contributed by atoms with Crippen LogP contribution in [0.5, 0.6) is 0 Å². The standard InChI is InChI=1S/C13H28N4O/c1-11(2)12(14)13(18)17-9-7-16(8-10-17)6-5-15(3)4/h11-12H,5-10,14H2,1-4H3/t12-/m0/s1. The molecule has 1 heterocycles. The van der Waals surface area contributed by atoms with Gasteiger partial charge < -0.3 is 15.5 Å². The van der Waals surface area contributed by atoms with E-state index in [0.717, 1.165) is 39.3 Å². The first-order valence-corrected chi connectivity index (χ1v) is 6.83. The Morgan fingerprint density at radius 2 is 1.78 bits per heavy atom. The highest BCUT2D eigenvalue weighted by Crippen LogP contribution is 2.07. The van der Waals surface area contributed by atoms with Crippen molar-refractivity contribution < 1.29 is 4.79 Å². The number of hydrogen-bond donors (Lipinski definition) is 1. The fraction of sp³-hybridized carbons (Fsp3) is 0.923. The normalized spacial score (nSPS) is 19.6. The minimum absolute atomic E-state index is 0.109. The number of carbonyl (C=O) groups is 1. The van der Waals surface area contributed by atoms with Crippen LogP contribution >= 0.6 is 0 Å². The van der Waals surface area contributed by atoms with Gasteiger partial charge in [-0.3, -0.25) is 9.69 Å². The van der Waals surface area contributed by atoms with Gasteiger partial charge in [-0.2, -0.15) is 0 Å². The van der Waals surface area contributed by atoms with E-state index < -0.39 is 0 Å². The lowest BCUT2D eigenvalue weighted by Crippen LogP contribution is -2.54. The van der Waals surface area contributed by atoms with Crippen molar-refractivity contribution in [3.05, 3.63) is 0 Å². The third kappa shape index (κ3) is 4.55. The molecule has 1 aliphatic heterocycles. The SMILES string of the molecule is CC(C)[C@H](N)C(=O)N1CCN(CCN(C)C)CC1. The van der Waals surface area contributed by atoms with E-state index in [-0.39, 0.29) is 17.9 Å². The second kappa shape index (κ2) is 7.07. The number of nitrogens with zero attached hydrogens (tertiary/aromatic N) is 3. The molecule has 0 spiro atoms. The third-order valence-electron chi connectivity index (χ3n) is 3.55. The van der Waals surface area contributed by atoms with Crippen molar-refractivity contribution in [2.45, 2.75) is 19.9 Å². The molecular formula is C13H28N4O. The highest BCUT2D eigenvalue weighted by molar-refractivity contribution is 5.82. The molecular weight excluding hydrogens is 228 g/mol. The molecule has 0 aromatic rings. The van der Waals surface area contributed by atoms with Crippen molar-refractivity contribution in [1.29, 1.82) is 0 Å². The molecule has 106 valence electrons. The Bertz CT molecular complexity index is 260. The summed E-state index contributed by atoms with van der Waals surface area (Å²) in [6.07, 6.45) is 0. The Labute approximate surface area is 111 Å². The minimum Gasteiger partial charge on any atom is -0.339 e. The zero-order valence-electron chi connectivity index (χ0n) is 12.2. The Morgan fingerprint density at radius 3 is 2.22 bits per heavy atom. The van der Waals surface area contributed by atoms with E-state index in [0.29, 0.717) is 0 Å². The van der Waals surface area contributed by atoms with Crippen LogP contribution in [0.2, 0.25) is 0 Å². The van der Waals surface area contributed by atoms with Crippen LogP contribution in [0.25, 0.3) is 0 Å². The van der Waals surface area contributed by atoms with Gasteiger partial charge in [-0.15, -0.1) is 0 Å². The van der Waals surface area contributed by atoms with E-state index in [9.17, 15) is 4.79 Å². The molecule has 1 atom stereocenters. The fourth-order valence-electron chi connectivity index (χ4n) is 2.03. The van der Waals surface area contributed by atoms with Crippen LogP contribution in [-0.4, -0.2) is 80.0 Å². The number of amides is 1. The number of carbonyl (C=O) groups excluding carboxylic acids is 1. The lowest BCUT2D eigenvalue weighted by molar-refractivity contribution is -0.135. The average Bonchev–Trinajstić information content (AvgIpc) is 2.35. The van der Waals surface area contributed by atoms with Gasteiger partial charge in [0.2, 0.25) is 5.91 Å². The molecule has 2 N–H and O–H groups in total. The predicted octanol–water partition coefficient (Wildman–Crippen LogP) is -0.324. The van der Waals surface area contributed by atoms with E-state index in [1.165, 1.54) is 0 Å². The topological polar surface area (TPSA) is 52.8 Å². The molecule has 1 aliphatic rings. The summed E-state index contributed by atoms with van der Waals surface area (Å²) in [6.45, 7) is 9.69. The van der Waals surface area contributed by atoms with Crippen molar-refractivity contribution in [2.24, 2.45) is 11.7 Å². The molecule has 0 unspecified atom stereocenters. The van der Waals surface area contributed by atoms with E-state index in [4.69, 9.17) is 5.73 Å². The highest BCUT2D eigenvalue weighted by atomic mass is 16.2. The van der Waals surface area contributed by atoms with E-state index in [1.807, 2.05) is 18.7 Å². The Kier molecular flexibility index (Phi) is 6.05. The molecule has 0 aliphatic carbocycles. The number of hydrogen-bond acceptors (Lipinski definition) is 4. The first-order chi connectivity index (χ1) is 8.41. The predicted molar refractivity (Wildman–Crippen MR) is 74.4 cm³/mol. The smallest absolute Gasteiger partial charge is 0.239 e. The van der Waals surface area contributed by atoms with Gasteiger partial charge in [0.25, 0.3) is 0 Å². The van der Waals surface area contributed by atoms with Gasteiger partial charge in [0.05, 0.1) is 6.04 Å². The number of piperazine rings is 1. The molecule has 5 nitrogen and oxygen atoms in total. The van der Waals surface area contributed by atoms with Crippen molar-refractivity contribution in [3.8, 4) is 0 Å². The van der Waals surface area contributed by atoms with Gasteiger partial charge in [-0.05, 0) is 20.0 Å². The fourth-order valence-corrected chi connectivity index (χ4v) is 2.03. The molecule has 0 aromatic heterocycles. The summed E-state index contributed by atoms with van der Waals surface area (Å²) in [5.41, 5.74) is 5.91. The van der Waals surface area contributed by atoms with Gasteiger partial charge in [0.15, 0.2) is 0 Å². The zero-order valence-corrected chi connectivity index (χ0v) is 12.2. The molecule has 18 heavy (non-hydrogen) atoms. The first-order valence-electron chi connectivity index (χ1n) is 6.83. The van der Waals surface area contributed by atoms with Crippen LogP contribution < -0.4 is 5.73 Å². The third-order valence-corrected chi connectivity index (χ3v) is 3.55. The highest BCUT2D eigenvalue weighted by Gasteiger charge is 2.26. The average molecular weight is 256 g/mol. The van der Waals surface area contributed by atoms with E-state index in [2.05, 4.69) is 23.9 Å². The quantitative estimate of drug-likeness (QED) is 0.732. The van der Waals surface area contributed by atoms with Crippen LogP contribution in [0, 0.1) is 5.92 Å². The lowest BCUT2D eigenvalue weighted by Gasteiger charge is -2.36. The van der Waals surface area contributed by atoms with Gasteiger partial charge in [-0.1, -0.05) is 13.8 Å². The second-order valence-corrected chi connectivity index (χ2v) is 5.74. The van der Waals surface area contributed by atoms with Crippen LogP contribution in [0.15, 0.2) is 0 Å². The Morgan fingerprint density at radius 1 is 1.22 bits per heavy atom. The molecule has 0 saturated carbocycles. The monoisotopic (exact) mass is 256 g/mol. The van der Waals surface area contributed by atoms with Crippen LogP contribution in [0.4, 0.5) is 0 Å². The van der Waals surface area contributed by atoms with Gasteiger partial charge in [0, 0.05) is 39.3 Å². The molecule has 1 saturated heterocycles. The van der Waals surface area contributed by atoms with Gasteiger partial charge in [0.1, 0.15) is 0 Å². The Hall–Kier alpha value is -0.650. The van der Waals surface area contributed by atoms with E-state index >= 15 is 0 Å². The maximum atomic E-state index is 12.1. The van der Waals surface area contributed by atoms with Gasteiger partial charge >= 0.3 is 0 Å². The lowest BCUT2D eigenvalue weighted by atomic mass is 10.0. The van der Waals surface area contributed by atoms with Crippen LogP contribution in [0.1, 0.15) is 13.8 Å². The zero-order chi connectivity index (χ0) is 13.7. The van der Waals surface area contributed by atoms with Crippen molar-refractivity contribution in [3.63, 3.8) is 0 Å². The molecule has 5 heteroatoms. The molecule has 0 aromatic carbocycles. The summed E-state index contributed by atoms with van der Waals surface area (Å²) in [5.74, 6) is 0.321. The molecule has 0 bridgehead atoms. The maximum absolute atomic E-state index is 12.1. The minimum atomic E-state index is -0.349.